The quantitative estimate of drug-likeness (QED) is 0.605. The Balaban J connectivity index is 1.83. The highest BCUT2D eigenvalue weighted by Crippen LogP contribution is 2.32. The molecule has 3 heterocycles. The molecule has 0 saturated carbocycles. The number of carboxylic acid groups (broad SMARTS) is 1. The predicted molar refractivity (Wildman–Crippen MR) is 90.5 cm³/mol. The van der Waals surface area contributed by atoms with Crippen LogP contribution in [0.3, 0.4) is 0 Å². The second-order valence-corrected chi connectivity index (χ2v) is 6.63. The first-order valence-electron chi connectivity index (χ1n) is 7.25. The van der Waals surface area contributed by atoms with E-state index in [0.717, 1.165) is 33.1 Å². The topological polar surface area (TPSA) is 108 Å². The monoisotopic (exact) mass is 375 g/mol. The smallest absolute Gasteiger partial charge is 0.407 e. The molecular formula is C15H14BrN5O2. The van der Waals surface area contributed by atoms with E-state index < -0.39 is 6.09 Å². The van der Waals surface area contributed by atoms with Crippen molar-refractivity contribution in [3.05, 3.63) is 28.5 Å². The zero-order chi connectivity index (χ0) is 16.1. The van der Waals surface area contributed by atoms with Crippen LogP contribution in [0.1, 0.15) is 18.2 Å². The van der Waals surface area contributed by atoms with E-state index in [0.29, 0.717) is 24.4 Å². The number of halogens is 1. The van der Waals surface area contributed by atoms with E-state index in [1.165, 1.54) is 4.90 Å². The number of nitrogen functional groups attached to an aromatic ring is 1. The molecule has 1 aliphatic heterocycles. The van der Waals surface area contributed by atoms with Gasteiger partial charge in [0.15, 0.2) is 5.82 Å². The Morgan fingerprint density at radius 1 is 1.43 bits per heavy atom. The number of nitrogens with two attached hydrogens (primary N) is 1. The lowest BCUT2D eigenvalue weighted by atomic mass is 10.1. The van der Waals surface area contributed by atoms with Crippen LogP contribution in [-0.4, -0.2) is 44.1 Å². The van der Waals surface area contributed by atoms with Gasteiger partial charge in [0.05, 0.1) is 11.0 Å². The first-order chi connectivity index (χ1) is 11.0. The summed E-state index contributed by atoms with van der Waals surface area (Å²) < 4.78 is 0.934. The second-order valence-electron chi connectivity index (χ2n) is 5.72. The van der Waals surface area contributed by atoms with Gasteiger partial charge in [-0.25, -0.2) is 14.8 Å². The number of aromatic amines is 1. The number of pyridine rings is 1. The van der Waals surface area contributed by atoms with Crippen molar-refractivity contribution in [2.75, 3.05) is 18.8 Å². The molecule has 8 heteroatoms. The third-order valence-electron chi connectivity index (χ3n) is 4.28. The highest BCUT2D eigenvalue weighted by Gasteiger charge is 2.29. The van der Waals surface area contributed by atoms with Gasteiger partial charge >= 0.3 is 6.09 Å². The first-order valence-corrected chi connectivity index (χ1v) is 8.04. The Morgan fingerprint density at radius 3 is 3.00 bits per heavy atom. The molecule has 4 N–H and O–H groups in total. The number of imidazole rings is 1. The number of amides is 1. The number of aromatic nitrogens is 3. The van der Waals surface area contributed by atoms with E-state index in [-0.39, 0.29) is 5.92 Å². The highest BCUT2D eigenvalue weighted by molar-refractivity contribution is 9.10. The van der Waals surface area contributed by atoms with Crippen LogP contribution < -0.4 is 5.73 Å². The molecule has 1 saturated heterocycles. The minimum Gasteiger partial charge on any atom is -0.465 e. The minimum atomic E-state index is -0.889. The van der Waals surface area contributed by atoms with E-state index in [1.54, 1.807) is 0 Å². The molecule has 7 nitrogen and oxygen atoms in total. The van der Waals surface area contributed by atoms with Crippen molar-refractivity contribution in [3.8, 4) is 0 Å². The Labute approximate surface area is 139 Å². The fourth-order valence-electron chi connectivity index (χ4n) is 3.11. The van der Waals surface area contributed by atoms with E-state index in [2.05, 4.69) is 30.9 Å². The molecule has 1 aliphatic rings. The number of nitrogens with zero attached hydrogens (tertiary/aromatic N) is 3. The third-order valence-corrected chi connectivity index (χ3v) is 4.77. The third kappa shape index (κ3) is 2.29. The van der Waals surface area contributed by atoms with Gasteiger partial charge in [0.1, 0.15) is 11.3 Å². The van der Waals surface area contributed by atoms with Gasteiger partial charge in [0.25, 0.3) is 0 Å². The molecule has 23 heavy (non-hydrogen) atoms. The number of carbonyl (C=O) groups is 1. The standard InChI is InChI=1S/C15H14BrN5O2/c16-8-1-2-9-10(5-8)18-13(17)12-11(9)19-14(20-12)7-3-4-21(6-7)15(22)23/h1-2,5,7H,3-4,6H2,(H2,17,18)(H,19,20)(H,22,23)/t7-/m0/s1. The Morgan fingerprint density at radius 2 is 2.26 bits per heavy atom. The first kappa shape index (κ1) is 14.3. The van der Waals surface area contributed by atoms with Crippen LogP contribution in [0.2, 0.25) is 0 Å². The van der Waals surface area contributed by atoms with Gasteiger partial charge in [-0.15, -0.1) is 0 Å². The Hall–Kier alpha value is -2.35. The van der Waals surface area contributed by atoms with Gasteiger partial charge < -0.3 is 20.7 Å². The molecule has 0 aliphatic carbocycles. The van der Waals surface area contributed by atoms with Crippen LogP contribution in [0.4, 0.5) is 10.6 Å². The maximum Gasteiger partial charge on any atom is 0.407 e. The number of H-pyrrole nitrogens is 1. The summed E-state index contributed by atoms with van der Waals surface area (Å²) in [5.41, 5.74) is 8.33. The number of rotatable bonds is 1. The van der Waals surface area contributed by atoms with Crippen LogP contribution in [0, 0.1) is 0 Å². The normalized spacial score (nSPS) is 18.1. The second kappa shape index (κ2) is 5.09. The summed E-state index contributed by atoms with van der Waals surface area (Å²) in [6, 6.07) is 5.82. The van der Waals surface area contributed by atoms with Gasteiger partial charge in [-0.3, -0.25) is 0 Å². The maximum atomic E-state index is 11.1. The highest BCUT2D eigenvalue weighted by atomic mass is 79.9. The molecule has 0 radical (unpaired) electrons. The average molecular weight is 376 g/mol. The fourth-order valence-corrected chi connectivity index (χ4v) is 3.46. The van der Waals surface area contributed by atoms with Crippen molar-refractivity contribution in [3.63, 3.8) is 0 Å². The zero-order valence-corrected chi connectivity index (χ0v) is 13.7. The molecule has 1 fully saturated rings. The molecule has 1 amide bonds. The Kier molecular flexibility index (Phi) is 3.15. The van der Waals surface area contributed by atoms with Crippen molar-refractivity contribution >= 4 is 49.8 Å². The molecular weight excluding hydrogens is 362 g/mol. The van der Waals surface area contributed by atoms with E-state index >= 15 is 0 Å². The van der Waals surface area contributed by atoms with E-state index in [1.807, 2.05) is 18.2 Å². The summed E-state index contributed by atoms with van der Waals surface area (Å²) in [6.45, 7) is 0.977. The molecule has 3 aromatic rings. The van der Waals surface area contributed by atoms with Crippen molar-refractivity contribution in [1.82, 2.24) is 19.9 Å². The number of hydrogen-bond donors (Lipinski definition) is 3. The van der Waals surface area contributed by atoms with Crippen LogP contribution in [0.25, 0.3) is 21.9 Å². The van der Waals surface area contributed by atoms with Crippen molar-refractivity contribution in [1.29, 1.82) is 0 Å². The van der Waals surface area contributed by atoms with Crippen LogP contribution in [-0.2, 0) is 0 Å². The number of hydrogen-bond acceptors (Lipinski definition) is 4. The molecule has 0 unspecified atom stereocenters. The van der Waals surface area contributed by atoms with Crippen molar-refractivity contribution in [2.45, 2.75) is 12.3 Å². The molecule has 4 rings (SSSR count). The van der Waals surface area contributed by atoms with Gasteiger partial charge in [-0.05, 0) is 24.6 Å². The predicted octanol–water partition coefficient (Wildman–Crippen LogP) is 2.92. The van der Waals surface area contributed by atoms with Crippen LogP contribution in [0.5, 0.6) is 0 Å². The fraction of sp³-hybridized carbons (Fsp3) is 0.267. The molecule has 0 spiro atoms. The van der Waals surface area contributed by atoms with Crippen LogP contribution in [0.15, 0.2) is 22.7 Å². The lowest BCUT2D eigenvalue weighted by Crippen LogP contribution is -2.26. The lowest BCUT2D eigenvalue weighted by Gasteiger charge is -2.10. The molecule has 2 aromatic heterocycles. The average Bonchev–Trinajstić information content (AvgIpc) is 3.14. The number of nitrogens with one attached hydrogen (secondary N) is 1. The minimum absolute atomic E-state index is 0.0587. The molecule has 1 aromatic carbocycles. The van der Waals surface area contributed by atoms with Crippen molar-refractivity contribution < 1.29 is 9.90 Å². The summed E-state index contributed by atoms with van der Waals surface area (Å²) >= 11 is 3.43. The summed E-state index contributed by atoms with van der Waals surface area (Å²) in [7, 11) is 0. The number of anilines is 1. The van der Waals surface area contributed by atoms with E-state index in [4.69, 9.17) is 10.8 Å². The maximum absolute atomic E-state index is 11.1. The zero-order valence-electron chi connectivity index (χ0n) is 12.1. The van der Waals surface area contributed by atoms with Crippen molar-refractivity contribution in [2.24, 2.45) is 0 Å². The van der Waals surface area contributed by atoms with Gasteiger partial charge in [-0.1, -0.05) is 15.9 Å². The summed E-state index contributed by atoms with van der Waals surface area (Å²) in [5.74, 6) is 1.21. The Bertz CT molecular complexity index is 938. The number of fused-ring (bicyclic) bond motifs is 3. The lowest BCUT2D eigenvalue weighted by molar-refractivity contribution is 0.155. The number of likely N-dealkylation sites (tertiary alicyclic amines) is 1. The van der Waals surface area contributed by atoms with Gasteiger partial charge in [-0.2, -0.15) is 0 Å². The van der Waals surface area contributed by atoms with Crippen LogP contribution >= 0.6 is 15.9 Å². The molecule has 118 valence electrons. The van der Waals surface area contributed by atoms with Gasteiger partial charge in [0.2, 0.25) is 0 Å². The van der Waals surface area contributed by atoms with Gasteiger partial charge in [0, 0.05) is 28.9 Å². The molecule has 1 atom stereocenters. The van der Waals surface area contributed by atoms with E-state index in [9.17, 15) is 4.79 Å². The molecule has 0 bridgehead atoms. The largest absolute Gasteiger partial charge is 0.465 e. The summed E-state index contributed by atoms with van der Waals surface area (Å²) in [5, 5.41) is 10.0. The summed E-state index contributed by atoms with van der Waals surface area (Å²) in [6.07, 6.45) is -0.136. The summed E-state index contributed by atoms with van der Waals surface area (Å²) in [4.78, 5) is 24.8. The number of benzene rings is 1. The SMILES string of the molecule is Nc1nc2cc(Br)ccc2c2[nH]c([C@H]3CCN(C(=O)O)C3)nc12.